The Kier molecular flexibility index (Phi) is 4.90. The van der Waals surface area contributed by atoms with Crippen LogP contribution >= 0.6 is 0 Å². The number of furan rings is 1. The highest BCUT2D eigenvalue weighted by molar-refractivity contribution is 5.16. The first-order valence-electron chi connectivity index (χ1n) is 7.98. The molecule has 0 bridgehead atoms. The van der Waals surface area contributed by atoms with Gasteiger partial charge in [0.2, 0.25) is 0 Å². The molecule has 0 aliphatic carbocycles. The number of likely N-dealkylation sites (tertiary alicyclic amines) is 1. The first-order chi connectivity index (χ1) is 10.7. The van der Waals surface area contributed by atoms with E-state index in [2.05, 4.69) is 16.3 Å². The van der Waals surface area contributed by atoms with E-state index in [1.807, 2.05) is 19.1 Å². The zero-order chi connectivity index (χ0) is 15.4. The lowest BCUT2D eigenvalue weighted by molar-refractivity contribution is 0.207. The fourth-order valence-corrected chi connectivity index (χ4v) is 3.10. The highest BCUT2D eigenvalue weighted by Crippen LogP contribution is 2.26. The van der Waals surface area contributed by atoms with E-state index < -0.39 is 0 Å². The van der Waals surface area contributed by atoms with Gasteiger partial charge in [0.1, 0.15) is 17.3 Å². The van der Waals surface area contributed by atoms with E-state index in [0.29, 0.717) is 6.54 Å². The second kappa shape index (κ2) is 7.07. The zero-order valence-electron chi connectivity index (χ0n) is 13.0. The van der Waals surface area contributed by atoms with E-state index in [0.717, 1.165) is 36.7 Å². The van der Waals surface area contributed by atoms with Crippen LogP contribution in [-0.2, 0) is 6.54 Å². The van der Waals surface area contributed by atoms with Crippen LogP contribution in [0.5, 0.6) is 0 Å². The first-order valence-corrected chi connectivity index (χ1v) is 7.98. The monoisotopic (exact) mass is 302 g/mol. The van der Waals surface area contributed by atoms with Crippen LogP contribution < -0.4 is 5.32 Å². The predicted molar refractivity (Wildman–Crippen MR) is 85.1 cm³/mol. The minimum Gasteiger partial charge on any atom is -0.465 e. The Morgan fingerprint density at radius 3 is 2.73 bits per heavy atom. The Balaban J connectivity index is 1.62. The first kappa shape index (κ1) is 15.3. The van der Waals surface area contributed by atoms with Crippen molar-refractivity contribution >= 4 is 0 Å². The molecule has 2 aromatic rings. The molecule has 0 radical (unpaired) electrons. The van der Waals surface area contributed by atoms with Crippen LogP contribution in [0, 0.1) is 12.7 Å². The molecule has 118 valence electrons. The lowest BCUT2D eigenvalue weighted by atomic mass is 10.1. The van der Waals surface area contributed by atoms with Crippen molar-refractivity contribution in [2.45, 2.75) is 32.4 Å². The highest BCUT2D eigenvalue weighted by atomic mass is 19.1. The van der Waals surface area contributed by atoms with Gasteiger partial charge in [-0.15, -0.1) is 0 Å². The highest BCUT2D eigenvalue weighted by Gasteiger charge is 2.25. The maximum atomic E-state index is 13.2. The molecular weight excluding hydrogens is 279 g/mol. The Bertz CT molecular complexity index is 605. The summed E-state index contributed by atoms with van der Waals surface area (Å²) in [4.78, 5) is 2.47. The van der Waals surface area contributed by atoms with Gasteiger partial charge < -0.3 is 9.73 Å². The third-order valence-corrected chi connectivity index (χ3v) is 4.23. The molecule has 4 heteroatoms. The SMILES string of the molecule is Cc1ccc(C(CNCc2cccc(F)c2)N2CCCC2)o1. The summed E-state index contributed by atoms with van der Waals surface area (Å²) in [6.07, 6.45) is 2.50. The van der Waals surface area contributed by atoms with Crippen molar-refractivity contribution in [2.75, 3.05) is 19.6 Å². The molecule has 2 heterocycles. The van der Waals surface area contributed by atoms with Gasteiger partial charge in [0.05, 0.1) is 6.04 Å². The maximum Gasteiger partial charge on any atom is 0.123 e. The summed E-state index contributed by atoms with van der Waals surface area (Å²) in [6, 6.07) is 11.1. The lowest BCUT2D eigenvalue weighted by Crippen LogP contribution is -2.33. The third-order valence-electron chi connectivity index (χ3n) is 4.23. The molecule has 1 N–H and O–H groups in total. The van der Waals surface area contributed by atoms with Crippen LogP contribution in [0.25, 0.3) is 0 Å². The van der Waals surface area contributed by atoms with Gasteiger partial charge in [-0.3, -0.25) is 4.90 Å². The summed E-state index contributed by atoms with van der Waals surface area (Å²) in [6.45, 7) is 5.69. The smallest absolute Gasteiger partial charge is 0.123 e. The normalized spacial score (nSPS) is 17.0. The number of rotatable bonds is 6. The molecule has 22 heavy (non-hydrogen) atoms. The molecular formula is C18H23FN2O. The van der Waals surface area contributed by atoms with Gasteiger partial charge in [-0.1, -0.05) is 12.1 Å². The maximum absolute atomic E-state index is 13.2. The minimum absolute atomic E-state index is 0.183. The third kappa shape index (κ3) is 3.76. The van der Waals surface area contributed by atoms with Gasteiger partial charge in [-0.25, -0.2) is 4.39 Å². The van der Waals surface area contributed by atoms with E-state index in [9.17, 15) is 4.39 Å². The molecule has 1 aliphatic rings. The fourth-order valence-electron chi connectivity index (χ4n) is 3.10. The van der Waals surface area contributed by atoms with Crippen LogP contribution in [-0.4, -0.2) is 24.5 Å². The van der Waals surface area contributed by atoms with Crippen LogP contribution in [0.15, 0.2) is 40.8 Å². The van der Waals surface area contributed by atoms with Crippen molar-refractivity contribution in [3.63, 3.8) is 0 Å². The predicted octanol–water partition coefficient (Wildman–Crippen LogP) is 3.65. The standard InChI is InChI=1S/C18H23FN2O/c1-14-7-8-18(22-14)17(21-9-2-3-10-21)13-20-12-15-5-4-6-16(19)11-15/h4-8,11,17,20H,2-3,9-10,12-13H2,1H3. The van der Waals surface area contributed by atoms with Gasteiger partial charge in [0.25, 0.3) is 0 Å². The van der Waals surface area contributed by atoms with Crippen molar-refractivity contribution in [2.24, 2.45) is 0 Å². The number of halogens is 1. The number of nitrogens with one attached hydrogen (secondary N) is 1. The summed E-state index contributed by atoms with van der Waals surface area (Å²) in [5, 5.41) is 3.45. The topological polar surface area (TPSA) is 28.4 Å². The van der Waals surface area contributed by atoms with E-state index >= 15 is 0 Å². The minimum atomic E-state index is -0.183. The Morgan fingerprint density at radius 1 is 1.23 bits per heavy atom. The molecule has 1 aromatic carbocycles. The van der Waals surface area contributed by atoms with Crippen molar-refractivity contribution in [1.29, 1.82) is 0 Å². The van der Waals surface area contributed by atoms with Gasteiger partial charge in [-0.2, -0.15) is 0 Å². The zero-order valence-corrected chi connectivity index (χ0v) is 13.0. The van der Waals surface area contributed by atoms with Gasteiger partial charge in [0, 0.05) is 13.1 Å². The second-order valence-corrected chi connectivity index (χ2v) is 5.97. The van der Waals surface area contributed by atoms with E-state index in [4.69, 9.17) is 4.42 Å². The molecule has 0 spiro atoms. The molecule has 3 rings (SSSR count). The largest absolute Gasteiger partial charge is 0.465 e. The number of aryl methyl sites for hydroxylation is 1. The lowest BCUT2D eigenvalue weighted by Gasteiger charge is -2.26. The van der Waals surface area contributed by atoms with Gasteiger partial charge >= 0.3 is 0 Å². The number of benzene rings is 1. The van der Waals surface area contributed by atoms with Gasteiger partial charge in [-0.05, 0) is 62.7 Å². The Hall–Kier alpha value is -1.65. The van der Waals surface area contributed by atoms with Crippen LogP contribution in [0.4, 0.5) is 4.39 Å². The number of hydrogen-bond donors (Lipinski definition) is 1. The average molecular weight is 302 g/mol. The van der Waals surface area contributed by atoms with Crippen molar-refractivity contribution < 1.29 is 8.81 Å². The van der Waals surface area contributed by atoms with Crippen LogP contribution in [0.3, 0.4) is 0 Å². The number of hydrogen-bond acceptors (Lipinski definition) is 3. The van der Waals surface area contributed by atoms with E-state index in [1.165, 1.54) is 18.9 Å². The second-order valence-electron chi connectivity index (χ2n) is 5.97. The summed E-state index contributed by atoms with van der Waals surface area (Å²) in [5.74, 6) is 1.78. The van der Waals surface area contributed by atoms with Crippen molar-refractivity contribution in [3.05, 3.63) is 59.3 Å². The Morgan fingerprint density at radius 2 is 2.05 bits per heavy atom. The van der Waals surface area contributed by atoms with Crippen molar-refractivity contribution in [3.8, 4) is 0 Å². The molecule has 0 amide bonds. The molecule has 1 atom stereocenters. The average Bonchev–Trinajstić information content (AvgIpc) is 3.15. The fraction of sp³-hybridized carbons (Fsp3) is 0.444. The molecule has 1 aliphatic heterocycles. The summed E-state index contributed by atoms with van der Waals surface area (Å²) in [7, 11) is 0. The van der Waals surface area contributed by atoms with E-state index in [1.54, 1.807) is 12.1 Å². The Labute approximate surface area is 131 Å². The van der Waals surface area contributed by atoms with Gasteiger partial charge in [0.15, 0.2) is 0 Å². The molecule has 1 aromatic heterocycles. The molecule has 0 saturated carbocycles. The quantitative estimate of drug-likeness (QED) is 0.883. The summed E-state index contributed by atoms with van der Waals surface area (Å²) < 4.78 is 19.1. The van der Waals surface area contributed by atoms with E-state index in [-0.39, 0.29) is 11.9 Å². The summed E-state index contributed by atoms with van der Waals surface area (Å²) >= 11 is 0. The molecule has 1 fully saturated rings. The summed E-state index contributed by atoms with van der Waals surface area (Å²) in [5.41, 5.74) is 0.968. The van der Waals surface area contributed by atoms with Crippen LogP contribution in [0.1, 0.15) is 36.0 Å². The van der Waals surface area contributed by atoms with Crippen LogP contribution in [0.2, 0.25) is 0 Å². The number of nitrogens with zero attached hydrogens (tertiary/aromatic N) is 1. The molecule has 3 nitrogen and oxygen atoms in total. The molecule has 1 unspecified atom stereocenters. The molecule has 1 saturated heterocycles. The van der Waals surface area contributed by atoms with Crippen molar-refractivity contribution in [1.82, 2.24) is 10.2 Å².